The molecule has 0 spiro atoms. The maximum absolute atomic E-state index is 12.0. The molecule has 5 rings (SSSR count). The van der Waals surface area contributed by atoms with E-state index in [4.69, 9.17) is 18.9 Å². The number of hydrogen-bond acceptors (Lipinski definition) is 5. The first kappa shape index (κ1) is 24.1. The minimum Gasteiger partial charge on any atom is -0.487 e. The van der Waals surface area contributed by atoms with E-state index in [9.17, 15) is 4.79 Å². The first-order valence-corrected chi connectivity index (χ1v) is 12.3. The Hall–Kier alpha value is -4.64. The molecule has 0 radical (unpaired) electrons. The third-order valence-electron chi connectivity index (χ3n) is 5.91. The molecular formula is C32H27NO4. The van der Waals surface area contributed by atoms with Gasteiger partial charge in [0.05, 0.1) is 12.2 Å². The molecular weight excluding hydrogens is 462 g/mol. The molecule has 0 atom stereocenters. The molecule has 1 aromatic heterocycles. The van der Waals surface area contributed by atoms with Crippen LogP contribution in [0, 0.1) is 0 Å². The first-order valence-electron chi connectivity index (χ1n) is 12.3. The summed E-state index contributed by atoms with van der Waals surface area (Å²) in [5.41, 5.74) is 4.35. The van der Waals surface area contributed by atoms with Gasteiger partial charge in [-0.1, -0.05) is 78.9 Å². The summed E-state index contributed by atoms with van der Waals surface area (Å²) >= 11 is 0. The molecule has 5 nitrogen and oxygen atoms in total. The molecule has 0 aliphatic carbocycles. The highest BCUT2D eigenvalue weighted by Crippen LogP contribution is 2.30. The summed E-state index contributed by atoms with van der Waals surface area (Å²) in [6.07, 6.45) is 1.56. The molecule has 1 heterocycles. The standard InChI is InChI=1S/C32H27NO4/c34-32(27-16-8-3-9-17-27)35-22-10-11-24-18-20-28(21-19-24)36-23-29-30(25-12-4-1-5-13-25)37-31(33-29)26-14-6-2-7-15-26/h1-9,12-21H,10-11,22-23H2. The van der Waals surface area contributed by atoms with E-state index in [1.54, 1.807) is 12.1 Å². The van der Waals surface area contributed by atoms with Gasteiger partial charge in [-0.15, -0.1) is 0 Å². The van der Waals surface area contributed by atoms with E-state index in [-0.39, 0.29) is 12.6 Å². The lowest BCUT2D eigenvalue weighted by molar-refractivity contribution is 0.0500. The van der Waals surface area contributed by atoms with Gasteiger partial charge in [-0.05, 0) is 54.8 Å². The molecule has 5 heteroatoms. The SMILES string of the molecule is O=C(OCCCc1ccc(OCc2nc(-c3ccccc3)oc2-c2ccccc2)cc1)c1ccccc1. The molecule has 0 amide bonds. The topological polar surface area (TPSA) is 61.6 Å². The Morgan fingerprint density at radius 2 is 1.35 bits per heavy atom. The van der Waals surface area contributed by atoms with Crippen molar-refractivity contribution in [1.82, 2.24) is 4.98 Å². The van der Waals surface area contributed by atoms with Gasteiger partial charge in [0.15, 0.2) is 5.76 Å². The van der Waals surface area contributed by atoms with Crippen LogP contribution in [0.3, 0.4) is 0 Å². The predicted molar refractivity (Wildman–Crippen MR) is 143 cm³/mol. The van der Waals surface area contributed by atoms with Gasteiger partial charge < -0.3 is 13.9 Å². The van der Waals surface area contributed by atoms with Crippen LogP contribution in [0.4, 0.5) is 0 Å². The number of oxazole rings is 1. The summed E-state index contributed by atoms with van der Waals surface area (Å²) in [4.78, 5) is 16.8. The average Bonchev–Trinajstić information content (AvgIpc) is 3.40. The van der Waals surface area contributed by atoms with Gasteiger partial charge >= 0.3 is 5.97 Å². The molecule has 0 saturated heterocycles. The number of carbonyl (C=O) groups is 1. The summed E-state index contributed by atoms with van der Waals surface area (Å²) < 4.78 is 17.6. The fraction of sp³-hybridized carbons (Fsp3) is 0.125. The van der Waals surface area contributed by atoms with Crippen molar-refractivity contribution < 1.29 is 18.7 Å². The smallest absolute Gasteiger partial charge is 0.338 e. The van der Waals surface area contributed by atoms with E-state index in [0.29, 0.717) is 23.8 Å². The zero-order valence-electron chi connectivity index (χ0n) is 20.4. The van der Waals surface area contributed by atoms with E-state index in [1.165, 1.54) is 0 Å². The van der Waals surface area contributed by atoms with Crippen LogP contribution < -0.4 is 4.74 Å². The van der Waals surface area contributed by atoms with Crippen molar-refractivity contribution in [1.29, 1.82) is 0 Å². The monoisotopic (exact) mass is 489 g/mol. The summed E-state index contributed by atoms with van der Waals surface area (Å²) in [5, 5.41) is 0. The molecule has 0 aliphatic heterocycles. The van der Waals surface area contributed by atoms with Crippen LogP contribution >= 0.6 is 0 Å². The summed E-state index contributed by atoms with van der Waals surface area (Å²) in [7, 11) is 0. The van der Waals surface area contributed by atoms with Gasteiger partial charge in [-0.25, -0.2) is 9.78 Å². The van der Waals surface area contributed by atoms with Crippen molar-refractivity contribution >= 4 is 5.97 Å². The van der Waals surface area contributed by atoms with Gasteiger partial charge in [0.25, 0.3) is 0 Å². The zero-order valence-corrected chi connectivity index (χ0v) is 20.4. The number of carbonyl (C=O) groups excluding carboxylic acids is 1. The number of nitrogens with zero attached hydrogens (tertiary/aromatic N) is 1. The van der Waals surface area contributed by atoms with Crippen LogP contribution in [0.15, 0.2) is 120 Å². The Kier molecular flexibility index (Phi) is 7.72. The van der Waals surface area contributed by atoms with Gasteiger partial charge in [0.1, 0.15) is 18.1 Å². The normalized spacial score (nSPS) is 10.7. The molecule has 4 aromatic carbocycles. The molecule has 37 heavy (non-hydrogen) atoms. The van der Waals surface area contributed by atoms with Crippen LogP contribution in [-0.4, -0.2) is 17.6 Å². The number of aromatic nitrogens is 1. The molecule has 0 bridgehead atoms. The van der Waals surface area contributed by atoms with E-state index >= 15 is 0 Å². The van der Waals surface area contributed by atoms with Crippen molar-refractivity contribution in [2.45, 2.75) is 19.4 Å². The number of benzene rings is 4. The summed E-state index contributed by atoms with van der Waals surface area (Å²) in [6, 6.07) is 36.8. The largest absolute Gasteiger partial charge is 0.487 e. The molecule has 0 N–H and O–H groups in total. The van der Waals surface area contributed by atoms with E-state index < -0.39 is 0 Å². The van der Waals surface area contributed by atoms with Crippen molar-refractivity contribution in [2.75, 3.05) is 6.61 Å². The maximum Gasteiger partial charge on any atom is 0.338 e. The highest BCUT2D eigenvalue weighted by molar-refractivity contribution is 5.89. The first-order chi connectivity index (χ1) is 18.3. The fourth-order valence-corrected chi connectivity index (χ4v) is 3.97. The Labute approximate surface area is 216 Å². The number of rotatable bonds is 10. The van der Waals surface area contributed by atoms with Crippen LogP contribution in [0.1, 0.15) is 28.0 Å². The van der Waals surface area contributed by atoms with Crippen LogP contribution in [-0.2, 0) is 17.8 Å². The molecule has 0 saturated carbocycles. The highest BCUT2D eigenvalue weighted by Gasteiger charge is 2.17. The minimum atomic E-state index is -0.289. The van der Waals surface area contributed by atoms with Crippen LogP contribution in [0.25, 0.3) is 22.8 Å². The second kappa shape index (κ2) is 11.9. The second-order valence-corrected chi connectivity index (χ2v) is 8.57. The van der Waals surface area contributed by atoms with Gasteiger partial charge in [0, 0.05) is 11.1 Å². The Morgan fingerprint density at radius 3 is 2.03 bits per heavy atom. The van der Waals surface area contributed by atoms with E-state index in [2.05, 4.69) is 0 Å². The lowest BCUT2D eigenvalue weighted by Crippen LogP contribution is -2.06. The Balaban J connectivity index is 1.18. The number of ether oxygens (including phenoxy) is 2. The molecule has 0 aliphatic rings. The minimum absolute atomic E-state index is 0.287. The van der Waals surface area contributed by atoms with Gasteiger partial charge in [-0.3, -0.25) is 0 Å². The quantitative estimate of drug-likeness (QED) is 0.151. The van der Waals surface area contributed by atoms with Crippen LogP contribution in [0.2, 0.25) is 0 Å². The maximum atomic E-state index is 12.0. The van der Waals surface area contributed by atoms with Crippen molar-refractivity contribution in [3.8, 4) is 28.5 Å². The lowest BCUT2D eigenvalue weighted by atomic mass is 10.1. The number of hydrogen-bond donors (Lipinski definition) is 0. The number of aryl methyl sites for hydroxylation is 1. The van der Waals surface area contributed by atoms with Crippen molar-refractivity contribution in [3.05, 3.63) is 132 Å². The van der Waals surface area contributed by atoms with Crippen molar-refractivity contribution in [2.24, 2.45) is 0 Å². The van der Waals surface area contributed by atoms with Gasteiger partial charge in [-0.2, -0.15) is 0 Å². The highest BCUT2D eigenvalue weighted by atomic mass is 16.5. The second-order valence-electron chi connectivity index (χ2n) is 8.57. The molecule has 184 valence electrons. The van der Waals surface area contributed by atoms with E-state index in [0.717, 1.165) is 41.0 Å². The lowest BCUT2D eigenvalue weighted by Gasteiger charge is -2.08. The number of esters is 1. The molecule has 0 unspecified atom stereocenters. The fourth-order valence-electron chi connectivity index (χ4n) is 3.97. The zero-order chi connectivity index (χ0) is 25.3. The summed E-state index contributed by atoms with van der Waals surface area (Å²) in [5.74, 6) is 1.74. The van der Waals surface area contributed by atoms with Gasteiger partial charge in [0.2, 0.25) is 5.89 Å². The average molecular weight is 490 g/mol. The van der Waals surface area contributed by atoms with Crippen molar-refractivity contribution in [3.63, 3.8) is 0 Å². The third-order valence-corrected chi connectivity index (χ3v) is 5.91. The summed E-state index contributed by atoms with van der Waals surface area (Å²) in [6.45, 7) is 0.666. The Morgan fingerprint density at radius 1 is 0.730 bits per heavy atom. The predicted octanol–water partition coefficient (Wildman–Crippen LogP) is 7.38. The third kappa shape index (κ3) is 6.33. The van der Waals surface area contributed by atoms with Crippen LogP contribution in [0.5, 0.6) is 5.75 Å². The molecule has 0 fully saturated rings. The van der Waals surface area contributed by atoms with E-state index in [1.807, 2.05) is 103 Å². The Bertz CT molecular complexity index is 1410. The molecule has 5 aromatic rings.